The second-order valence-corrected chi connectivity index (χ2v) is 5.99. The van der Waals surface area contributed by atoms with E-state index in [1.807, 2.05) is 30.3 Å². The number of rotatable bonds is 1. The van der Waals surface area contributed by atoms with Crippen LogP contribution in [0.15, 0.2) is 60.8 Å². The Kier molecular flexibility index (Phi) is 4.04. The van der Waals surface area contributed by atoms with Crippen LogP contribution in [0.3, 0.4) is 0 Å². The fraction of sp³-hybridized carbons (Fsp3) is 0.0455. The van der Waals surface area contributed by atoms with E-state index >= 15 is 0 Å². The van der Waals surface area contributed by atoms with Crippen molar-refractivity contribution in [1.29, 1.82) is 5.26 Å². The molecule has 0 radical (unpaired) electrons. The average Bonchev–Trinajstić information content (AvgIpc) is 3.01. The van der Waals surface area contributed by atoms with E-state index < -0.39 is 0 Å². The molecule has 0 saturated carbocycles. The predicted molar refractivity (Wildman–Crippen MR) is 102 cm³/mol. The second-order valence-electron chi connectivity index (χ2n) is 5.99. The first-order chi connectivity index (χ1) is 13.2. The van der Waals surface area contributed by atoms with Gasteiger partial charge in [-0.2, -0.15) is 5.26 Å². The van der Waals surface area contributed by atoms with E-state index in [0.717, 1.165) is 11.1 Å². The molecule has 0 unspecified atom stereocenters. The fourth-order valence-electron chi connectivity index (χ4n) is 2.74. The lowest BCUT2D eigenvalue weighted by Gasteiger charge is -2.04. The Morgan fingerprint density at radius 1 is 0.926 bits per heavy atom. The van der Waals surface area contributed by atoms with E-state index in [1.165, 1.54) is 0 Å². The molecular formula is C22H14N4O. The summed E-state index contributed by atoms with van der Waals surface area (Å²) in [6.07, 6.45) is 1.76. The summed E-state index contributed by atoms with van der Waals surface area (Å²) < 4.78 is 1.60. The minimum atomic E-state index is 0.0750. The van der Waals surface area contributed by atoms with E-state index in [4.69, 9.17) is 5.26 Å². The molecule has 1 N–H and O–H groups in total. The molecule has 5 nitrogen and oxygen atoms in total. The first kappa shape index (κ1) is 16.4. The minimum Gasteiger partial charge on any atom is -0.493 e. The lowest BCUT2D eigenvalue weighted by atomic mass is 10.1. The zero-order chi connectivity index (χ0) is 18.8. The van der Waals surface area contributed by atoms with Crippen LogP contribution in [0, 0.1) is 30.1 Å². The quantitative estimate of drug-likeness (QED) is 0.532. The Hall–Kier alpha value is -4.09. The first-order valence-electron chi connectivity index (χ1n) is 8.32. The molecule has 4 rings (SSSR count). The standard InChI is InChI=1S/C22H14N4O/c1-15-22(27)26-14-20(18-5-3-2-4-6-18)25-19(21(26)24-15)12-11-16-7-9-17(13-23)10-8-16/h2-10,14,27H,1H3. The zero-order valence-electron chi connectivity index (χ0n) is 14.5. The highest BCUT2D eigenvalue weighted by Crippen LogP contribution is 2.24. The van der Waals surface area contributed by atoms with Crippen molar-refractivity contribution in [1.82, 2.24) is 14.4 Å². The maximum atomic E-state index is 10.3. The van der Waals surface area contributed by atoms with E-state index in [0.29, 0.717) is 28.3 Å². The summed E-state index contributed by atoms with van der Waals surface area (Å²) in [4.78, 5) is 9.05. The molecule has 4 aromatic rings. The molecular weight excluding hydrogens is 336 g/mol. The van der Waals surface area contributed by atoms with Crippen LogP contribution >= 0.6 is 0 Å². The van der Waals surface area contributed by atoms with Gasteiger partial charge >= 0.3 is 0 Å². The Morgan fingerprint density at radius 3 is 2.33 bits per heavy atom. The zero-order valence-corrected chi connectivity index (χ0v) is 14.5. The average molecular weight is 350 g/mol. The van der Waals surface area contributed by atoms with Crippen molar-refractivity contribution >= 4 is 5.65 Å². The van der Waals surface area contributed by atoms with Crippen LogP contribution in [0.2, 0.25) is 0 Å². The number of aromatic hydroxyl groups is 1. The number of hydrogen-bond acceptors (Lipinski definition) is 4. The van der Waals surface area contributed by atoms with Crippen molar-refractivity contribution in [3.05, 3.63) is 83.3 Å². The van der Waals surface area contributed by atoms with E-state index in [9.17, 15) is 5.11 Å². The third-order valence-corrected chi connectivity index (χ3v) is 4.16. The molecule has 0 aliphatic heterocycles. The Morgan fingerprint density at radius 2 is 1.63 bits per heavy atom. The predicted octanol–water partition coefficient (Wildman–Crippen LogP) is 3.68. The van der Waals surface area contributed by atoms with Gasteiger partial charge in [0.25, 0.3) is 0 Å². The number of imidazole rings is 1. The second kappa shape index (κ2) is 6.67. The number of nitriles is 1. The van der Waals surface area contributed by atoms with Gasteiger partial charge in [0.2, 0.25) is 5.88 Å². The molecule has 27 heavy (non-hydrogen) atoms. The molecule has 0 atom stereocenters. The van der Waals surface area contributed by atoms with Crippen molar-refractivity contribution in [2.45, 2.75) is 6.92 Å². The summed E-state index contributed by atoms with van der Waals surface area (Å²) in [5, 5.41) is 19.2. The van der Waals surface area contributed by atoms with Crippen LogP contribution in [0.5, 0.6) is 5.88 Å². The number of nitrogens with zero attached hydrogens (tertiary/aromatic N) is 4. The smallest absolute Gasteiger partial charge is 0.219 e. The summed E-state index contributed by atoms with van der Waals surface area (Å²) in [6.45, 7) is 1.74. The number of aryl methyl sites for hydroxylation is 1. The number of fused-ring (bicyclic) bond motifs is 1. The van der Waals surface area contributed by atoms with Crippen molar-refractivity contribution in [3.63, 3.8) is 0 Å². The molecule has 5 heteroatoms. The molecule has 0 bridgehead atoms. The number of benzene rings is 2. The number of hydrogen-bond donors (Lipinski definition) is 1. The highest BCUT2D eigenvalue weighted by atomic mass is 16.3. The van der Waals surface area contributed by atoms with Gasteiger partial charge in [-0.3, -0.25) is 4.40 Å². The largest absolute Gasteiger partial charge is 0.493 e. The molecule has 0 amide bonds. The highest BCUT2D eigenvalue weighted by Gasteiger charge is 2.13. The Balaban J connectivity index is 1.87. The molecule has 2 heterocycles. The van der Waals surface area contributed by atoms with Gasteiger partial charge in [-0.25, -0.2) is 9.97 Å². The fourth-order valence-corrected chi connectivity index (χ4v) is 2.74. The van der Waals surface area contributed by atoms with E-state index in [2.05, 4.69) is 27.9 Å². The molecule has 128 valence electrons. The van der Waals surface area contributed by atoms with Gasteiger partial charge in [-0.05, 0) is 37.1 Å². The van der Waals surface area contributed by atoms with Crippen LogP contribution in [0.1, 0.15) is 22.5 Å². The molecule has 0 aliphatic carbocycles. The normalized spacial score (nSPS) is 10.2. The van der Waals surface area contributed by atoms with Gasteiger partial charge in [0, 0.05) is 17.3 Å². The van der Waals surface area contributed by atoms with Gasteiger partial charge in [-0.15, -0.1) is 0 Å². The van der Waals surface area contributed by atoms with Crippen LogP contribution in [0.4, 0.5) is 0 Å². The van der Waals surface area contributed by atoms with Gasteiger partial charge < -0.3 is 5.11 Å². The van der Waals surface area contributed by atoms with Crippen molar-refractivity contribution in [2.24, 2.45) is 0 Å². The molecule has 2 aromatic carbocycles. The summed E-state index contributed by atoms with van der Waals surface area (Å²) in [5.74, 6) is 6.18. The van der Waals surface area contributed by atoms with Crippen LogP contribution in [0.25, 0.3) is 16.9 Å². The van der Waals surface area contributed by atoms with Gasteiger partial charge in [0.15, 0.2) is 11.3 Å². The topological polar surface area (TPSA) is 74.2 Å². The van der Waals surface area contributed by atoms with Gasteiger partial charge in [-0.1, -0.05) is 36.3 Å². The highest BCUT2D eigenvalue weighted by molar-refractivity contribution is 5.65. The summed E-state index contributed by atoms with van der Waals surface area (Å²) >= 11 is 0. The minimum absolute atomic E-state index is 0.0750. The van der Waals surface area contributed by atoms with Gasteiger partial charge in [0.1, 0.15) is 5.69 Å². The molecule has 0 fully saturated rings. The Bertz CT molecular complexity index is 1240. The monoisotopic (exact) mass is 350 g/mol. The van der Waals surface area contributed by atoms with E-state index in [1.54, 1.807) is 41.8 Å². The summed E-state index contributed by atoms with van der Waals surface area (Å²) in [7, 11) is 0. The van der Waals surface area contributed by atoms with Crippen LogP contribution in [-0.2, 0) is 0 Å². The van der Waals surface area contributed by atoms with Crippen molar-refractivity contribution in [2.75, 3.05) is 0 Å². The van der Waals surface area contributed by atoms with Crippen molar-refractivity contribution in [3.8, 4) is 35.0 Å². The van der Waals surface area contributed by atoms with Crippen molar-refractivity contribution < 1.29 is 5.11 Å². The first-order valence-corrected chi connectivity index (χ1v) is 8.32. The molecule has 2 aromatic heterocycles. The lowest BCUT2D eigenvalue weighted by Crippen LogP contribution is -1.96. The van der Waals surface area contributed by atoms with Crippen LogP contribution < -0.4 is 0 Å². The maximum Gasteiger partial charge on any atom is 0.219 e. The summed E-state index contributed by atoms with van der Waals surface area (Å²) in [6, 6.07) is 18.8. The lowest BCUT2D eigenvalue weighted by molar-refractivity contribution is 0.444. The summed E-state index contributed by atoms with van der Waals surface area (Å²) in [5.41, 5.74) is 4.47. The van der Waals surface area contributed by atoms with E-state index in [-0.39, 0.29) is 5.88 Å². The number of aromatic nitrogens is 3. The molecule has 0 saturated heterocycles. The SMILES string of the molecule is Cc1nc2c(C#Cc3ccc(C#N)cc3)nc(-c3ccccc3)cn2c1O. The van der Waals surface area contributed by atoms with Crippen LogP contribution in [-0.4, -0.2) is 19.5 Å². The Labute approximate surface area is 156 Å². The maximum absolute atomic E-state index is 10.3. The molecule has 0 spiro atoms. The third kappa shape index (κ3) is 3.10. The van der Waals surface area contributed by atoms with Gasteiger partial charge in [0.05, 0.1) is 17.3 Å². The molecule has 0 aliphatic rings. The third-order valence-electron chi connectivity index (χ3n) is 4.16.